The molecule has 0 N–H and O–H groups in total. The monoisotopic (exact) mass is 356 g/mol. The van der Waals surface area contributed by atoms with E-state index in [1.165, 1.54) is 28.1 Å². The van der Waals surface area contributed by atoms with Gasteiger partial charge >= 0.3 is 0 Å². The largest absolute Gasteiger partial charge is 0.368 e. The van der Waals surface area contributed by atoms with Crippen molar-refractivity contribution in [3.63, 3.8) is 0 Å². The summed E-state index contributed by atoms with van der Waals surface area (Å²) in [6.07, 6.45) is 0. The summed E-state index contributed by atoms with van der Waals surface area (Å²) >= 11 is 0. The molecule has 138 valence electrons. The average Bonchev–Trinajstić information content (AvgIpc) is 2.75. The predicted octanol–water partition coefficient (Wildman–Crippen LogP) is 5.47. The molecule has 0 amide bonds. The van der Waals surface area contributed by atoms with E-state index in [0.29, 0.717) is 5.92 Å². The molecule has 0 saturated carbocycles. The molecule has 1 aliphatic rings. The minimum Gasteiger partial charge on any atom is -0.368 e. The Morgan fingerprint density at radius 2 is 1.04 bits per heavy atom. The van der Waals surface area contributed by atoms with Gasteiger partial charge in [-0.3, -0.25) is 0 Å². The van der Waals surface area contributed by atoms with Crippen LogP contribution in [0.25, 0.3) is 0 Å². The van der Waals surface area contributed by atoms with Crippen molar-refractivity contribution in [3.05, 3.63) is 95.6 Å². The molecule has 0 aromatic heterocycles. The van der Waals surface area contributed by atoms with Gasteiger partial charge in [0.15, 0.2) is 0 Å². The molecule has 2 nitrogen and oxygen atoms in total. The Bertz CT molecular complexity index is 845. The number of nitrogens with zero attached hydrogens (tertiary/aromatic N) is 2. The third kappa shape index (κ3) is 4.00. The molecule has 1 unspecified atom stereocenters. The maximum absolute atomic E-state index is 2.50. The lowest BCUT2D eigenvalue weighted by Gasteiger charge is -2.37. The van der Waals surface area contributed by atoms with Crippen LogP contribution in [0.15, 0.2) is 78.9 Å². The molecule has 3 aromatic rings. The highest BCUT2D eigenvalue weighted by Crippen LogP contribution is 2.27. The highest BCUT2D eigenvalue weighted by Gasteiger charge is 2.17. The van der Waals surface area contributed by atoms with Crippen molar-refractivity contribution in [2.24, 2.45) is 0 Å². The summed E-state index contributed by atoms with van der Waals surface area (Å²) in [5.74, 6) is 0.426. The molecule has 0 radical (unpaired) electrons. The van der Waals surface area contributed by atoms with Gasteiger partial charge in [0.05, 0.1) is 0 Å². The second-order valence-electron chi connectivity index (χ2n) is 7.53. The third-order valence-electron chi connectivity index (χ3n) is 5.74. The summed E-state index contributed by atoms with van der Waals surface area (Å²) in [6.45, 7) is 8.72. The van der Waals surface area contributed by atoms with Crippen molar-refractivity contribution in [2.75, 3.05) is 36.0 Å². The van der Waals surface area contributed by atoms with E-state index in [1.54, 1.807) is 0 Å². The van der Waals surface area contributed by atoms with Crippen LogP contribution in [-0.4, -0.2) is 26.2 Å². The van der Waals surface area contributed by atoms with Gasteiger partial charge in [-0.25, -0.2) is 0 Å². The molecule has 0 aliphatic carbocycles. The Balaban J connectivity index is 1.40. The highest BCUT2D eigenvalue weighted by molar-refractivity contribution is 5.53. The van der Waals surface area contributed by atoms with Gasteiger partial charge in [-0.1, -0.05) is 67.1 Å². The molecule has 0 bridgehead atoms. The summed E-state index contributed by atoms with van der Waals surface area (Å²) in [5.41, 5.74) is 6.74. The van der Waals surface area contributed by atoms with Crippen molar-refractivity contribution in [1.29, 1.82) is 0 Å². The molecule has 1 heterocycles. The van der Waals surface area contributed by atoms with E-state index >= 15 is 0 Å². The van der Waals surface area contributed by atoms with Crippen molar-refractivity contribution in [1.82, 2.24) is 0 Å². The first-order valence-electron chi connectivity index (χ1n) is 9.92. The van der Waals surface area contributed by atoms with Crippen LogP contribution in [0.2, 0.25) is 0 Å². The van der Waals surface area contributed by atoms with Crippen LogP contribution in [0.5, 0.6) is 0 Å². The van der Waals surface area contributed by atoms with Crippen LogP contribution in [0, 0.1) is 6.92 Å². The lowest BCUT2D eigenvalue weighted by Crippen LogP contribution is -2.46. The molecule has 1 fully saturated rings. The van der Waals surface area contributed by atoms with Crippen LogP contribution in [0.3, 0.4) is 0 Å². The molecule has 3 aromatic carbocycles. The van der Waals surface area contributed by atoms with Gasteiger partial charge in [-0.2, -0.15) is 0 Å². The van der Waals surface area contributed by atoms with Gasteiger partial charge in [0.1, 0.15) is 0 Å². The maximum Gasteiger partial charge on any atom is 0.0367 e. The Hall–Kier alpha value is -2.74. The van der Waals surface area contributed by atoms with Gasteiger partial charge in [-0.15, -0.1) is 0 Å². The average molecular weight is 357 g/mol. The fraction of sp³-hybridized carbons (Fsp3) is 0.280. The van der Waals surface area contributed by atoms with E-state index in [-0.39, 0.29) is 0 Å². The first kappa shape index (κ1) is 17.7. The van der Waals surface area contributed by atoms with Gasteiger partial charge in [0, 0.05) is 43.5 Å². The zero-order valence-electron chi connectivity index (χ0n) is 16.3. The van der Waals surface area contributed by atoms with Crippen LogP contribution in [0.1, 0.15) is 29.5 Å². The molecule has 0 spiro atoms. The van der Waals surface area contributed by atoms with Gasteiger partial charge in [0.2, 0.25) is 0 Å². The zero-order chi connectivity index (χ0) is 18.6. The number of para-hydroxylation sites is 1. The van der Waals surface area contributed by atoms with Gasteiger partial charge in [-0.05, 0) is 42.3 Å². The van der Waals surface area contributed by atoms with E-state index in [1.807, 2.05) is 0 Å². The number of piperazine rings is 1. The van der Waals surface area contributed by atoms with Crippen LogP contribution < -0.4 is 9.80 Å². The second kappa shape index (κ2) is 7.87. The predicted molar refractivity (Wildman–Crippen MR) is 116 cm³/mol. The lowest BCUT2D eigenvalue weighted by atomic mass is 9.92. The summed E-state index contributed by atoms with van der Waals surface area (Å²) < 4.78 is 0. The van der Waals surface area contributed by atoms with E-state index < -0.39 is 0 Å². The fourth-order valence-corrected chi connectivity index (χ4v) is 3.88. The van der Waals surface area contributed by atoms with E-state index in [4.69, 9.17) is 0 Å². The number of anilines is 2. The molecule has 2 heteroatoms. The lowest BCUT2D eigenvalue weighted by molar-refractivity contribution is 0.653. The summed E-state index contributed by atoms with van der Waals surface area (Å²) in [7, 11) is 0. The van der Waals surface area contributed by atoms with Crippen LogP contribution in [-0.2, 0) is 0 Å². The Morgan fingerprint density at radius 3 is 1.56 bits per heavy atom. The summed E-state index contributed by atoms with van der Waals surface area (Å²) in [4.78, 5) is 4.98. The zero-order valence-corrected chi connectivity index (χ0v) is 16.3. The highest BCUT2D eigenvalue weighted by atomic mass is 15.3. The fourth-order valence-electron chi connectivity index (χ4n) is 3.88. The van der Waals surface area contributed by atoms with Crippen molar-refractivity contribution in [3.8, 4) is 0 Å². The molecule has 4 rings (SSSR count). The molecular formula is C25H28N2. The first-order valence-corrected chi connectivity index (χ1v) is 9.92. The number of hydrogen-bond acceptors (Lipinski definition) is 2. The molecule has 27 heavy (non-hydrogen) atoms. The number of benzene rings is 3. The quantitative estimate of drug-likeness (QED) is 0.611. The molecule has 1 atom stereocenters. The Kier molecular flexibility index (Phi) is 5.15. The minimum absolute atomic E-state index is 0.426. The molecule has 1 saturated heterocycles. The second-order valence-corrected chi connectivity index (χ2v) is 7.53. The normalized spacial score (nSPS) is 15.6. The Morgan fingerprint density at radius 1 is 0.593 bits per heavy atom. The standard InChI is InChI=1S/C25H28N2/c1-20-8-10-22(11-9-20)21(2)23-12-14-25(15-13-23)27-18-16-26(17-19-27)24-6-4-3-5-7-24/h3-15,21H,16-19H2,1-2H3. The smallest absolute Gasteiger partial charge is 0.0367 e. The first-order chi connectivity index (χ1) is 13.2. The van der Waals surface area contributed by atoms with Crippen molar-refractivity contribution < 1.29 is 0 Å². The number of aryl methyl sites for hydroxylation is 1. The van der Waals surface area contributed by atoms with Crippen molar-refractivity contribution in [2.45, 2.75) is 19.8 Å². The van der Waals surface area contributed by atoms with Crippen LogP contribution in [0.4, 0.5) is 11.4 Å². The SMILES string of the molecule is Cc1ccc(C(C)c2ccc(N3CCN(c4ccccc4)CC3)cc2)cc1. The Labute approximate surface area is 163 Å². The van der Waals surface area contributed by atoms with Crippen molar-refractivity contribution >= 4 is 11.4 Å². The number of rotatable bonds is 4. The van der Waals surface area contributed by atoms with E-state index in [9.17, 15) is 0 Å². The third-order valence-corrected chi connectivity index (χ3v) is 5.74. The summed E-state index contributed by atoms with van der Waals surface area (Å²) in [6, 6.07) is 28.8. The van der Waals surface area contributed by atoms with Gasteiger partial charge in [0.25, 0.3) is 0 Å². The molecular weight excluding hydrogens is 328 g/mol. The minimum atomic E-state index is 0.426. The molecule has 1 aliphatic heterocycles. The summed E-state index contributed by atoms with van der Waals surface area (Å²) in [5, 5.41) is 0. The maximum atomic E-state index is 2.50. The van der Waals surface area contributed by atoms with Gasteiger partial charge < -0.3 is 9.80 Å². The number of hydrogen-bond donors (Lipinski definition) is 0. The van der Waals surface area contributed by atoms with Crippen LogP contribution >= 0.6 is 0 Å². The topological polar surface area (TPSA) is 6.48 Å². The van der Waals surface area contributed by atoms with E-state index in [2.05, 4.69) is 103 Å². The van der Waals surface area contributed by atoms with E-state index in [0.717, 1.165) is 26.2 Å².